The maximum absolute atomic E-state index is 14.4. The average Bonchev–Trinajstić information content (AvgIpc) is 2.78. The Kier molecular flexibility index (Phi) is 8.03. The molecule has 0 amide bonds. The number of rotatable bonds is 5. The SMILES string of the molecule is CCCCCCc1ccc(C#Cc2cc(F)c(C#Cc3ccc(C)cc3)cc2F)cc1. The van der Waals surface area contributed by atoms with Gasteiger partial charge < -0.3 is 0 Å². The van der Waals surface area contributed by atoms with Crippen LogP contribution in [0.5, 0.6) is 0 Å². The fourth-order valence-corrected chi connectivity index (χ4v) is 3.16. The number of aryl methyl sites for hydroxylation is 2. The van der Waals surface area contributed by atoms with Crippen molar-refractivity contribution in [1.82, 2.24) is 0 Å². The number of halogens is 2. The Balaban J connectivity index is 1.70. The van der Waals surface area contributed by atoms with E-state index in [9.17, 15) is 8.78 Å². The van der Waals surface area contributed by atoms with Gasteiger partial charge in [0.1, 0.15) is 11.6 Å². The Hall–Kier alpha value is -3.36. The predicted octanol–water partition coefficient (Wildman–Crippen LogP) is 7.20. The molecule has 3 rings (SSSR count). The monoisotopic (exact) mass is 412 g/mol. The Morgan fingerprint density at radius 2 is 1.16 bits per heavy atom. The molecule has 0 unspecified atom stereocenters. The normalized spacial score (nSPS) is 10.1. The third-order valence-electron chi connectivity index (χ3n) is 5.06. The summed E-state index contributed by atoms with van der Waals surface area (Å²) in [7, 11) is 0. The van der Waals surface area contributed by atoms with Crippen LogP contribution >= 0.6 is 0 Å². The maximum atomic E-state index is 14.4. The zero-order valence-electron chi connectivity index (χ0n) is 18.1. The van der Waals surface area contributed by atoms with E-state index in [-0.39, 0.29) is 11.1 Å². The minimum atomic E-state index is -0.576. The largest absolute Gasteiger partial charge is 0.206 e. The van der Waals surface area contributed by atoms with Crippen molar-refractivity contribution in [2.75, 3.05) is 0 Å². The summed E-state index contributed by atoms with van der Waals surface area (Å²) in [4.78, 5) is 0. The molecule has 0 saturated heterocycles. The quantitative estimate of drug-likeness (QED) is 0.307. The summed E-state index contributed by atoms with van der Waals surface area (Å²) in [6, 6.07) is 17.8. The van der Waals surface area contributed by atoms with Gasteiger partial charge in [-0.3, -0.25) is 0 Å². The van der Waals surface area contributed by atoms with Crippen LogP contribution in [0.4, 0.5) is 8.78 Å². The fraction of sp³-hybridized carbons (Fsp3) is 0.241. The van der Waals surface area contributed by atoms with Gasteiger partial charge in [-0.15, -0.1) is 0 Å². The van der Waals surface area contributed by atoms with Gasteiger partial charge in [-0.2, -0.15) is 0 Å². The molecule has 0 fully saturated rings. The third kappa shape index (κ3) is 6.84. The first-order chi connectivity index (χ1) is 15.0. The van der Waals surface area contributed by atoms with Crippen LogP contribution in [0, 0.1) is 42.2 Å². The van der Waals surface area contributed by atoms with E-state index < -0.39 is 11.6 Å². The van der Waals surface area contributed by atoms with Gasteiger partial charge >= 0.3 is 0 Å². The minimum absolute atomic E-state index is 0.0241. The average molecular weight is 413 g/mol. The molecule has 0 spiro atoms. The van der Waals surface area contributed by atoms with Crippen LogP contribution in [-0.4, -0.2) is 0 Å². The Morgan fingerprint density at radius 3 is 1.68 bits per heavy atom. The van der Waals surface area contributed by atoms with E-state index in [1.165, 1.54) is 31.2 Å². The molecule has 156 valence electrons. The molecule has 0 bridgehead atoms. The minimum Gasteiger partial charge on any atom is -0.206 e. The van der Waals surface area contributed by atoms with Crippen LogP contribution in [-0.2, 0) is 6.42 Å². The first-order valence-electron chi connectivity index (χ1n) is 10.7. The van der Waals surface area contributed by atoms with Crippen LogP contribution in [0.15, 0.2) is 60.7 Å². The van der Waals surface area contributed by atoms with Gasteiger partial charge in [0.05, 0.1) is 11.1 Å². The van der Waals surface area contributed by atoms with E-state index in [1.54, 1.807) is 0 Å². The first kappa shape index (κ1) is 22.3. The van der Waals surface area contributed by atoms with Crippen LogP contribution < -0.4 is 0 Å². The number of benzene rings is 3. The van der Waals surface area contributed by atoms with Gasteiger partial charge in [-0.1, -0.05) is 79.7 Å². The molecule has 0 N–H and O–H groups in total. The zero-order chi connectivity index (χ0) is 22.1. The third-order valence-corrected chi connectivity index (χ3v) is 5.06. The van der Waals surface area contributed by atoms with Gasteiger partial charge in [0, 0.05) is 11.1 Å². The van der Waals surface area contributed by atoms with Crippen LogP contribution in [0.1, 0.15) is 66.0 Å². The van der Waals surface area contributed by atoms with Crippen molar-refractivity contribution in [3.63, 3.8) is 0 Å². The molecule has 0 aliphatic rings. The molecule has 0 aliphatic carbocycles. The highest BCUT2D eigenvalue weighted by Crippen LogP contribution is 2.15. The lowest BCUT2D eigenvalue weighted by atomic mass is 10.0. The number of hydrogen-bond acceptors (Lipinski definition) is 0. The van der Waals surface area contributed by atoms with Crippen molar-refractivity contribution >= 4 is 0 Å². The van der Waals surface area contributed by atoms with Gasteiger partial charge in [0.15, 0.2) is 0 Å². The summed E-state index contributed by atoms with van der Waals surface area (Å²) >= 11 is 0. The van der Waals surface area contributed by atoms with Crippen LogP contribution in [0.3, 0.4) is 0 Å². The van der Waals surface area contributed by atoms with Gasteiger partial charge in [0.2, 0.25) is 0 Å². The summed E-state index contributed by atoms with van der Waals surface area (Å²) in [5.41, 5.74) is 3.98. The fourth-order valence-electron chi connectivity index (χ4n) is 3.16. The van der Waals surface area contributed by atoms with Crippen molar-refractivity contribution in [3.05, 3.63) is 106 Å². The molecule has 0 heterocycles. The lowest BCUT2D eigenvalue weighted by Crippen LogP contribution is -1.92. The molecule has 0 aromatic heterocycles. The van der Waals surface area contributed by atoms with E-state index in [0.29, 0.717) is 0 Å². The maximum Gasteiger partial charge on any atom is 0.140 e. The zero-order valence-corrected chi connectivity index (χ0v) is 18.1. The summed E-state index contributed by atoms with van der Waals surface area (Å²) in [6.45, 7) is 4.18. The number of unbranched alkanes of at least 4 members (excludes halogenated alkanes) is 3. The molecular weight excluding hydrogens is 386 g/mol. The molecule has 3 aromatic rings. The standard InChI is InChI=1S/C29H26F2/c1-3-4-5-6-7-23-12-14-25(15-13-23)17-19-27-21-28(30)26(20-29(27)31)18-16-24-10-8-22(2)9-11-24/h8-15,20-21H,3-7H2,1-2H3. The highest BCUT2D eigenvalue weighted by atomic mass is 19.1. The summed E-state index contributed by atoms with van der Waals surface area (Å²) in [6.07, 6.45) is 5.98. The first-order valence-corrected chi connectivity index (χ1v) is 10.7. The molecule has 0 aliphatic heterocycles. The molecule has 0 atom stereocenters. The van der Waals surface area contributed by atoms with Crippen molar-refractivity contribution in [1.29, 1.82) is 0 Å². The van der Waals surface area contributed by atoms with Crippen molar-refractivity contribution < 1.29 is 8.78 Å². The molecule has 2 heteroatoms. The highest BCUT2D eigenvalue weighted by molar-refractivity contribution is 5.49. The second kappa shape index (κ2) is 11.1. The Morgan fingerprint density at radius 1 is 0.645 bits per heavy atom. The Labute approximate surface area is 184 Å². The topological polar surface area (TPSA) is 0 Å². The van der Waals surface area contributed by atoms with E-state index in [0.717, 1.165) is 35.2 Å². The van der Waals surface area contributed by atoms with Gasteiger partial charge in [-0.05, 0) is 61.7 Å². The molecule has 3 aromatic carbocycles. The smallest absolute Gasteiger partial charge is 0.140 e. The number of hydrogen-bond donors (Lipinski definition) is 0. The second-order valence-corrected chi connectivity index (χ2v) is 7.69. The van der Waals surface area contributed by atoms with E-state index in [1.807, 2.05) is 43.3 Å². The van der Waals surface area contributed by atoms with Crippen molar-refractivity contribution in [3.8, 4) is 23.7 Å². The molecule has 0 nitrogen and oxygen atoms in total. The molecule has 0 radical (unpaired) electrons. The van der Waals surface area contributed by atoms with Crippen LogP contribution in [0.2, 0.25) is 0 Å². The molecular formula is C29H26F2. The molecule has 0 saturated carbocycles. The lowest BCUT2D eigenvalue weighted by Gasteiger charge is -2.01. The van der Waals surface area contributed by atoms with E-state index >= 15 is 0 Å². The molecule has 31 heavy (non-hydrogen) atoms. The van der Waals surface area contributed by atoms with E-state index in [2.05, 4.69) is 42.7 Å². The van der Waals surface area contributed by atoms with Gasteiger partial charge in [-0.25, -0.2) is 8.78 Å². The predicted molar refractivity (Wildman–Crippen MR) is 124 cm³/mol. The summed E-state index contributed by atoms with van der Waals surface area (Å²) < 4.78 is 28.9. The van der Waals surface area contributed by atoms with Crippen LogP contribution in [0.25, 0.3) is 0 Å². The van der Waals surface area contributed by atoms with Gasteiger partial charge in [0.25, 0.3) is 0 Å². The lowest BCUT2D eigenvalue weighted by molar-refractivity contribution is 0.594. The highest BCUT2D eigenvalue weighted by Gasteiger charge is 2.07. The summed E-state index contributed by atoms with van der Waals surface area (Å²) in [5.74, 6) is 10.1. The van der Waals surface area contributed by atoms with Crippen molar-refractivity contribution in [2.24, 2.45) is 0 Å². The summed E-state index contributed by atoms with van der Waals surface area (Å²) in [5, 5.41) is 0. The van der Waals surface area contributed by atoms with Crippen molar-refractivity contribution in [2.45, 2.75) is 46.0 Å². The second-order valence-electron chi connectivity index (χ2n) is 7.69. The Bertz CT molecular complexity index is 1130. The van der Waals surface area contributed by atoms with E-state index in [4.69, 9.17) is 0 Å².